The fourth-order valence-corrected chi connectivity index (χ4v) is 3.41. The molecule has 0 saturated carbocycles. The zero-order valence-electron chi connectivity index (χ0n) is 12.2. The number of amides is 2. The van der Waals surface area contributed by atoms with E-state index in [1.807, 2.05) is 6.07 Å². The average Bonchev–Trinajstić information content (AvgIpc) is 3.19. The third-order valence-electron chi connectivity index (χ3n) is 2.89. The van der Waals surface area contributed by atoms with E-state index < -0.39 is 6.04 Å². The molecule has 0 radical (unpaired) electrons. The Morgan fingerprint density at radius 2 is 2.27 bits per heavy atom. The highest BCUT2D eigenvalue weighted by Gasteiger charge is 2.16. The normalized spacial score (nSPS) is 11.9. The van der Waals surface area contributed by atoms with Crippen LogP contribution in [0.25, 0.3) is 0 Å². The smallest absolute Gasteiger partial charge is 0.255 e. The highest BCUT2D eigenvalue weighted by molar-refractivity contribution is 7.98. The molecule has 22 heavy (non-hydrogen) atoms. The SMILES string of the molecule is C[C@@H](NC(=O)c1ccoc1)C(=O)NCCSCc1cccs1. The molecule has 2 amide bonds. The van der Waals surface area contributed by atoms with Gasteiger partial charge in [0.25, 0.3) is 5.91 Å². The van der Waals surface area contributed by atoms with Crippen LogP contribution >= 0.6 is 23.1 Å². The monoisotopic (exact) mass is 338 g/mol. The zero-order valence-corrected chi connectivity index (χ0v) is 13.8. The number of furan rings is 1. The van der Waals surface area contributed by atoms with Crippen molar-refractivity contribution in [2.45, 2.75) is 18.7 Å². The molecule has 0 aliphatic rings. The van der Waals surface area contributed by atoms with E-state index in [0.29, 0.717) is 12.1 Å². The van der Waals surface area contributed by atoms with Gasteiger partial charge in [-0.05, 0) is 24.4 Å². The molecular formula is C15H18N2O3S2. The first-order valence-corrected chi connectivity index (χ1v) is 8.91. The Hall–Kier alpha value is -1.73. The maximum Gasteiger partial charge on any atom is 0.255 e. The van der Waals surface area contributed by atoms with Gasteiger partial charge in [0, 0.05) is 22.9 Å². The number of hydrogen-bond acceptors (Lipinski definition) is 5. The van der Waals surface area contributed by atoms with Crippen molar-refractivity contribution in [2.75, 3.05) is 12.3 Å². The summed E-state index contributed by atoms with van der Waals surface area (Å²) in [5, 5.41) is 7.51. The van der Waals surface area contributed by atoms with Crippen LogP contribution in [0.1, 0.15) is 22.2 Å². The molecule has 0 unspecified atom stereocenters. The van der Waals surface area contributed by atoms with Gasteiger partial charge in [0.15, 0.2) is 0 Å². The molecule has 2 heterocycles. The Morgan fingerprint density at radius 1 is 1.41 bits per heavy atom. The fraction of sp³-hybridized carbons (Fsp3) is 0.333. The molecular weight excluding hydrogens is 320 g/mol. The van der Waals surface area contributed by atoms with Crippen molar-refractivity contribution >= 4 is 34.9 Å². The van der Waals surface area contributed by atoms with Crippen molar-refractivity contribution in [3.05, 3.63) is 46.5 Å². The average molecular weight is 338 g/mol. The van der Waals surface area contributed by atoms with Crippen molar-refractivity contribution in [2.24, 2.45) is 0 Å². The summed E-state index contributed by atoms with van der Waals surface area (Å²) in [5.74, 6) is 1.30. The summed E-state index contributed by atoms with van der Waals surface area (Å²) >= 11 is 3.51. The van der Waals surface area contributed by atoms with Crippen LogP contribution in [0.2, 0.25) is 0 Å². The number of carbonyl (C=O) groups excluding carboxylic acids is 2. The Morgan fingerprint density at radius 3 is 2.95 bits per heavy atom. The number of nitrogens with one attached hydrogen (secondary N) is 2. The molecule has 0 aliphatic heterocycles. The van der Waals surface area contributed by atoms with E-state index >= 15 is 0 Å². The third kappa shape index (κ3) is 5.23. The van der Waals surface area contributed by atoms with Crippen LogP contribution in [-0.2, 0) is 10.5 Å². The maximum atomic E-state index is 11.9. The Kier molecular flexibility index (Phi) is 6.54. The van der Waals surface area contributed by atoms with Crippen molar-refractivity contribution in [1.82, 2.24) is 10.6 Å². The van der Waals surface area contributed by atoms with Gasteiger partial charge in [-0.15, -0.1) is 11.3 Å². The number of rotatable bonds is 8. The number of thioether (sulfide) groups is 1. The van der Waals surface area contributed by atoms with Crippen LogP contribution in [-0.4, -0.2) is 30.2 Å². The van der Waals surface area contributed by atoms with Gasteiger partial charge in [0.05, 0.1) is 11.8 Å². The Bertz CT molecular complexity index is 582. The summed E-state index contributed by atoms with van der Waals surface area (Å²) < 4.78 is 4.84. The van der Waals surface area contributed by atoms with E-state index in [1.54, 1.807) is 36.1 Å². The maximum absolute atomic E-state index is 11.9. The predicted molar refractivity (Wildman–Crippen MR) is 89.1 cm³/mol. The molecule has 0 spiro atoms. The van der Waals surface area contributed by atoms with Gasteiger partial charge >= 0.3 is 0 Å². The first kappa shape index (κ1) is 16.6. The van der Waals surface area contributed by atoms with Crippen molar-refractivity contribution in [3.8, 4) is 0 Å². The molecule has 5 nitrogen and oxygen atoms in total. The molecule has 0 fully saturated rings. The van der Waals surface area contributed by atoms with E-state index in [2.05, 4.69) is 22.1 Å². The molecule has 0 aliphatic carbocycles. The summed E-state index contributed by atoms with van der Waals surface area (Å²) in [5.41, 5.74) is 0.408. The van der Waals surface area contributed by atoms with Gasteiger partial charge in [0.2, 0.25) is 5.91 Å². The molecule has 1 atom stereocenters. The highest BCUT2D eigenvalue weighted by atomic mass is 32.2. The van der Waals surface area contributed by atoms with Gasteiger partial charge < -0.3 is 15.1 Å². The highest BCUT2D eigenvalue weighted by Crippen LogP contribution is 2.16. The lowest BCUT2D eigenvalue weighted by atomic mass is 10.2. The molecule has 0 aromatic carbocycles. The quantitative estimate of drug-likeness (QED) is 0.726. The third-order valence-corrected chi connectivity index (χ3v) is 4.96. The van der Waals surface area contributed by atoms with Crippen LogP contribution in [0.4, 0.5) is 0 Å². The van der Waals surface area contributed by atoms with Crippen molar-refractivity contribution in [3.63, 3.8) is 0 Å². The zero-order chi connectivity index (χ0) is 15.8. The van der Waals surface area contributed by atoms with Crippen LogP contribution in [0.15, 0.2) is 40.5 Å². The molecule has 7 heteroatoms. The summed E-state index contributed by atoms with van der Waals surface area (Å²) in [4.78, 5) is 25.0. The molecule has 2 rings (SSSR count). The van der Waals surface area contributed by atoms with E-state index in [9.17, 15) is 9.59 Å². The Labute approximate surface area is 137 Å². The van der Waals surface area contributed by atoms with Gasteiger partial charge in [0.1, 0.15) is 12.3 Å². The second kappa shape index (κ2) is 8.65. The second-order valence-electron chi connectivity index (χ2n) is 4.63. The fourth-order valence-electron chi connectivity index (χ4n) is 1.71. The van der Waals surface area contributed by atoms with Gasteiger partial charge in [-0.3, -0.25) is 9.59 Å². The summed E-state index contributed by atoms with van der Waals surface area (Å²) in [6, 6.07) is 5.11. The largest absolute Gasteiger partial charge is 0.472 e. The van der Waals surface area contributed by atoms with E-state index in [1.165, 1.54) is 17.4 Å². The van der Waals surface area contributed by atoms with Crippen LogP contribution in [0, 0.1) is 0 Å². The minimum atomic E-state index is -0.579. The van der Waals surface area contributed by atoms with E-state index in [0.717, 1.165) is 11.5 Å². The number of carbonyl (C=O) groups is 2. The summed E-state index contributed by atoms with van der Waals surface area (Å²) in [7, 11) is 0. The lowest BCUT2D eigenvalue weighted by Gasteiger charge is -2.13. The van der Waals surface area contributed by atoms with Gasteiger partial charge in [-0.2, -0.15) is 11.8 Å². The minimum Gasteiger partial charge on any atom is -0.472 e. The molecule has 2 aromatic heterocycles. The van der Waals surface area contributed by atoms with Gasteiger partial charge in [-0.25, -0.2) is 0 Å². The molecule has 0 saturated heterocycles. The predicted octanol–water partition coefficient (Wildman–Crippen LogP) is 2.51. The molecule has 2 aromatic rings. The lowest BCUT2D eigenvalue weighted by Crippen LogP contribution is -2.45. The first-order valence-electron chi connectivity index (χ1n) is 6.87. The van der Waals surface area contributed by atoms with Crippen molar-refractivity contribution in [1.29, 1.82) is 0 Å². The van der Waals surface area contributed by atoms with Gasteiger partial charge in [-0.1, -0.05) is 6.07 Å². The minimum absolute atomic E-state index is 0.187. The van der Waals surface area contributed by atoms with Crippen LogP contribution in [0.3, 0.4) is 0 Å². The van der Waals surface area contributed by atoms with E-state index in [-0.39, 0.29) is 11.8 Å². The number of hydrogen-bond donors (Lipinski definition) is 2. The molecule has 118 valence electrons. The van der Waals surface area contributed by atoms with E-state index in [4.69, 9.17) is 4.42 Å². The Balaban J connectivity index is 1.61. The topological polar surface area (TPSA) is 71.3 Å². The standard InChI is InChI=1S/C15H18N2O3S2/c1-11(17-15(19)12-4-6-20-9-12)14(18)16-5-8-21-10-13-3-2-7-22-13/h2-4,6-7,9,11H,5,8,10H2,1H3,(H,16,18)(H,17,19)/t11-/m1/s1. The van der Waals surface area contributed by atoms with Crippen molar-refractivity contribution < 1.29 is 14.0 Å². The van der Waals surface area contributed by atoms with Crippen LogP contribution in [0.5, 0.6) is 0 Å². The molecule has 0 bridgehead atoms. The number of thiophene rings is 1. The van der Waals surface area contributed by atoms with Crippen LogP contribution < -0.4 is 10.6 Å². The summed E-state index contributed by atoms with van der Waals surface area (Å²) in [6.45, 7) is 2.24. The molecule has 2 N–H and O–H groups in total. The lowest BCUT2D eigenvalue weighted by molar-refractivity contribution is -0.122. The first-order chi connectivity index (χ1) is 10.7. The summed E-state index contributed by atoms with van der Waals surface area (Å²) in [6.07, 6.45) is 2.77. The second-order valence-corrected chi connectivity index (χ2v) is 6.77.